The highest BCUT2D eigenvalue weighted by Gasteiger charge is 2.19. The normalized spacial score (nSPS) is 15.3. The molecule has 6 heteroatoms. The quantitative estimate of drug-likeness (QED) is 0.934. The van der Waals surface area contributed by atoms with E-state index in [9.17, 15) is 4.79 Å². The van der Waals surface area contributed by atoms with Crippen molar-refractivity contribution in [3.05, 3.63) is 47.7 Å². The minimum absolute atomic E-state index is 0.196. The van der Waals surface area contributed by atoms with Gasteiger partial charge in [0.25, 0.3) is 5.91 Å². The lowest BCUT2D eigenvalue weighted by Gasteiger charge is -2.31. The van der Waals surface area contributed by atoms with Crippen molar-refractivity contribution in [2.75, 3.05) is 18.0 Å². The van der Waals surface area contributed by atoms with E-state index in [1.807, 2.05) is 25.1 Å². The Bertz CT molecular complexity index is 696. The van der Waals surface area contributed by atoms with E-state index < -0.39 is 0 Å². The van der Waals surface area contributed by atoms with Gasteiger partial charge < -0.3 is 10.2 Å². The number of carbonyl (C=O) groups is 1. The zero-order chi connectivity index (χ0) is 16.9. The Balaban J connectivity index is 1.69. The summed E-state index contributed by atoms with van der Waals surface area (Å²) in [6, 6.07) is 7.42. The third-order valence-corrected chi connectivity index (χ3v) is 4.32. The molecule has 2 aromatic heterocycles. The summed E-state index contributed by atoms with van der Waals surface area (Å²) in [4.78, 5) is 27.6. The van der Waals surface area contributed by atoms with Crippen molar-refractivity contribution in [3.8, 4) is 0 Å². The molecule has 2 aromatic rings. The molecule has 1 saturated heterocycles. The van der Waals surface area contributed by atoms with E-state index in [1.165, 1.54) is 0 Å². The number of carbonyl (C=O) groups excluding carboxylic acids is 1. The van der Waals surface area contributed by atoms with Crippen LogP contribution in [-0.4, -0.2) is 33.9 Å². The first kappa shape index (κ1) is 16.4. The summed E-state index contributed by atoms with van der Waals surface area (Å²) < 4.78 is 0. The maximum atomic E-state index is 12.4. The maximum absolute atomic E-state index is 12.4. The van der Waals surface area contributed by atoms with Crippen molar-refractivity contribution in [1.29, 1.82) is 0 Å². The lowest BCUT2D eigenvalue weighted by Crippen LogP contribution is -2.34. The standard InChI is InChI=1S/C18H23N5O/c1-13-6-9-23(10-7-13)17-11-16(21-14(2)22-17)18(24)20-12-15-5-3-4-8-19-15/h3-5,8,11,13H,6-7,9-10,12H2,1-2H3,(H,20,24). The van der Waals surface area contributed by atoms with Gasteiger partial charge in [0, 0.05) is 25.4 Å². The van der Waals surface area contributed by atoms with Crippen molar-refractivity contribution < 1.29 is 4.79 Å². The molecule has 3 heterocycles. The number of hydrogen-bond acceptors (Lipinski definition) is 5. The number of pyridine rings is 1. The summed E-state index contributed by atoms with van der Waals surface area (Å²) in [5.41, 5.74) is 1.23. The molecule has 0 radical (unpaired) electrons. The number of aromatic nitrogens is 3. The highest BCUT2D eigenvalue weighted by Crippen LogP contribution is 2.21. The van der Waals surface area contributed by atoms with Crippen molar-refractivity contribution in [3.63, 3.8) is 0 Å². The van der Waals surface area contributed by atoms with Gasteiger partial charge >= 0.3 is 0 Å². The fourth-order valence-electron chi connectivity index (χ4n) is 2.83. The second-order valence-corrected chi connectivity index (χ2v) is 6.33. The Morgan fingerprint density at radius 3 is 2.79 bits per heavy atom. The summed E-state index contributed by atoms with van der Waals surface area (Å²) in [6.45, 7) is 6.45. The monoisotopic (exact) mass is 325 g/mol. The van der Waals surface area contributed by atoms with Gasteiger partial charge in [-0.3, -0.25) is 9.78 Å². The Labute approximate surface area is 142 Å². The molecule has 6 nitrogen and oxygen atoms in total. The van der Waals surface area contributed by atoms with Crippen LogP contribution in [0.25, 0.3) is 0 Å². The second kappa shape index (κ2) is 7.38. The van der Waals surface area contributed by atoms with Crippen LogP contribution >= 0.6 is 0 Å². The molecule has 3 rings (SSSR count). The molecule has 0 atom stereocenters. The van der Waals surface area contributed by atoms with Gasteiger partial charge in [0.15, 0.2) is 0 Å². The van der Waals surface area contributed by atoms with E-state index in [0.717, 1.165) is 43.4 Å². The Kier molecular flexibility index (Phi) is 5.03. The minimum Gasteiger partial charge on any atom is -0.356 e. The predicted molar refractivity (Wildman–Crippen MR) is 92.8 cm³/mol. The number of nitrogens with one attached hydrogen (secondary N) is 1. The number of nitrogens with zero attached hydrogens (tertiary/aromatic N) is 4. The van der Waals surface area contributed by atoms with Gasteiger partial charge in [-0.1, -0.05) is 13.0 Å². The van der Waals surface area contributed by atoms with E-state index in [4.69, 9.17) is 0 Å². The first-order valence-corrected chi connectivity index (χ1v) is 8.40. The predicted octanol–water partition coefficient (Wildman–Crippen LogP) is 2.35. The number of amides is 1. The molecule has 126 valence electrons. The summed E-state index contributed by atoms with van der Waals surface area (Å²) >= 11 is 0. The number of hydrogen-bond donors (Lipinski definition) is 1. The lowest BCUT2D eigenvalue weighted by molar-refractivity contribution is 0.0945. The van der Waals surface area contributed by atoms with Gasteiger partial charge in [-0.2, -0.15) is 0 Å². The average molecular weight is 325 g/mol. The Hall–Kier alpha value is -2.50. The smallest absolute Gasteiger partial charge is 0.270 e. The number of rotatable bonds is 4. The molecule has 0 spiro atoms. The molecule has 1 N–H and O–H groups in total. The summed E-state index contributed by atoms with van der Waals surface area (Å²) in [6.07, 6.45) is 4.03. The fourth-order valence-corrected chi connectivity index (χ4v) is 2.83. The van der Waals surface area contributed by atoms with Crippen LogP contribution in [0.5, 0.6) is 0 Å². The molecule has 0 aromatic carbocycles. The van der Waals surface area contributed by atoms with Crippen LogP contribution < -0.4 is 10.2 Å². The van der Waals surface area contributed by atoms with Crippen LogP contribution in [-0.2, 0) is 6.54 Å². The summed E-state index contributed by atoms with van der Waals surface area (Å²) in [5.74, 6) is 2.02. The van der Waals surface area contributed by atoms with Gasteiger partial charge in [-0.05, 0) is 37.8 Å². The van der Waals surface area contributed by atoms with Crippen LogP contribution in [0.4, 0.5) is 5.82 Å². The molecule has 1 aliphatic heterocycles. The van der Waals surface area contributed by atoms with Gasteiger partial charge in [0.2, 0.25) is 0 Å². The van der Waals surface area contributed by atoms with Gasteiger partial charge in [0.05, 0.1) is 12.2 Å². The van der Waals surface area contributed by atoms with Gasteiger partial charge in [-0.15, -0.1) is 0 Å². The lowest BCUT2D eigenvalue weighted by atomic mass is 9.99. The molecular weight excluding hydrogens is 302 g/mol. The molecule has 1 fully saturated rings. The van der Waals surface area contributed by atoms with E-state index in [2.05, 4.69) is 32.1 Å². The number of piperidine rings is 1. The zero-order valence-corrected chi connectivity index (χ0v) is 14.2. The highest BCUT2D eigenvalue weighted by molar-refractivity contribution is 5.92. The topological polar surface area (TPSA) is 71.0 Å². The minimum atomic E-state index is -0.196. The number of anilines is 1. The second-order valence-electron chi connectivity index (χ2n) is 6.33. The van der Waals surface area contributed by atoms with Gasteiger partial charge in [-0.25, -0.2) is 9.97 Å². The van der Waals surface area contributed by atoms with Crippen molar-refractivity contribution in [1.82, 2.24) is 20.3 Å². The highest BCUT2D eigenvalue weighted by atomic mass is 16.1. The van der Waals surface area contributed by atoms with E-state index >= 15 is 0 Å². The molecule has 0 saturated carbocycles. The fraction of sp³-hybridized carbons (Fsp3) is 0.444. The third kappa shape index (κ3) is 4.07. The van der Waals surface area contributed by atoms with Gasteiger partial charge in [0.1, 0.15) is 17.3 Å². The van der Waals surface area contributed by atoms with E-state index in [-0.39, 0.29) is 5.91 Å². The third-order valence-electron chi connectivity index (χ3n) is 4.32. The largest absolute Gasteiger partial charge is 0.356 e. The molecule has 1 amide bonds. The van der Waals surface area contributed by atoms with Crippen molar-refractivity contribution >= 4 is 11.7 Å². The van der Waals surface area contributed by atoms with Crippen molar-refractivity contribution in [2.45, 2.75) is 33.2 Å². The number of aryl methyl sites for hydroxylation is 1. The first-order valence-electron chi connectivity index (χ1n) is 8.40. The van der Waals surface area contributed by atoms with Crippen LogP contribution in [0.3, 0.4) is 0 Å². The van der Waals surface area contributed by atoms with Crippen LogP contribution in [0.2, 0.25) is 0 Å². The molecule has 1 aliphatic rings. The zero-order valence-electron chi connectivity index (χ0n) is 14.2. The van der Waals surface area contributed by atoms with Crippen LogP contribution in [0.1, 0.15) is 41.8 Å². The average Bonchev–Trinajstić information content (AvgIpc) is 2.60. The van der Waals surface area contributed by atoms with Crippen LogP contribution in [0, 0.1) is 12.8 Å². The van der Waals surface area contributed by atoms with Crippen LogP contribution in [0.15, 0.2) is 30.5 Å². The maximum Gasteiger partial charge on any atom is 0.270 e. The molecule has 0 bridgehead atoms. The van der Waals surface area contributed by atoms with E-state index in [1.54, 1.807) is 12.3 Å². The first-order chi connectivity index (χ1) is 11.6. The SMILES string of the molecule is Cc1nc(C(=O)NCc2ccccn2)cc(N2CCC(C)CC2)n1. The summed E-state index contributed by atoms with van der Waals surface area (Å²) in [7, 11) is 0. The molecule has 0 unspecified atom stereocenters. The Morgan fingerprint density at radius 1 is 1.29 bits per heavy atom. The Morgan fingerprint density at radius 2 is 2.08 bits per heavy atom. The molecular formula is C18H23N5O. The van der Waals surface area contributed by atoms with Crippen molar-refractivity contribution in [2.24, 2.45) is 5.92 Å². The molecule has 24 heavy (non-hydrogen) atoms. The van der Waals surface area contributed by atoms with E-state index in [0.29, 0.717) is 18.1 Å². The molecule has 0 aliphatic carbocycles. The summed E-state index contributed by atoms with van der Waals surface area (Å²) in [5, 5.41) is 2.87.